The van der Waals surface area contributed by atoms with Crippen molar-refractivity contribution in [1.82, 2.24) is 15.0 Å². The van der Waals surface area contributed by atoms with Gasteiger partial charge in [0.15, 0.2) is 5.58 Å². The first kappa shape index (κ1) is 16.9. The van der Waals surface area contributed by atoms with Crippen molar-refractivity contribution in [3.63, 3.8) is 0 Å². The largest absolute Gasteiger partial charge is 0.436 e. The summed E-state index contributed by atoms with van der Waals surface area (Å²) in [7, 11) is 1.80. The van der Waals surface area contributed by atoms with E-state index in [0.29, 0.717) is 39.2 Å². The van der Waals surface area contributed by atoms with Gasteiger partial charge in [-0.1, -0.05) is 11.6 Å². The number of halogens is 1. The predicted octanol–water partition coefficient (Wildman–Crippen LogP) is 4.48. The van der Waals surface area contributed by atoms with Gasteiger partial charge in [0.05, 0.1) is 5.56 Å². The number of rotatable bonds is 4. The second kappa shape index (κ2) is 6.45. The molecule has 0 saturated heterocycles. The van der Waals surface area contributed by atoms with Crippen LogP contribution in [0.3, 0.4) is 0 Å². The molecule has 140 valence electrons. The number of hydrogen-bond donors (Lipinski definition) is 2. The minimum Gasteiger partial charge on any atom is -0.436 e. The van der Waals surface area contributed by atoms with Gasteiger partial charge in [-0.3, -0.25) is 4.79 Å². The summed E-state index contributed by atoms with van der Waals surface area (Å²) in [6, 6.07) is 7.13. The number of amides is 1. The minimum absolute atomic E-state index is 0.00722. The van der Waals surface area contributed by atoms with Crippen molar-refractivity contribution in [3.05, 3.63) is 41.7 Å². The summed E-state index contributed by atoms with van der Waals surface area (Å²) in [4.78, 5) is 25.5. The van der Waals surface area contributed by atoms with E-state index >= 15 is 0 Å². The van der Waals surface area contributed by atoms with Crippen molar-refractivity contribution in [2.45, 2.75) is 12.8 Å². The van der Waals surface area contributed by atoms with E-state index in [1.807, 2.05) is 6.07 Å². The number of fused-ring (bicyclic) bond motifs is 2. The van der Waals surface area contributed by atoms with Crippen molar-refractivity contribution < 1.29 is 9.21 Å². The molecule has 1 aromatic carbocycles. The van der Waals surface area contributed by atoms with Crippen LogP contribution < -0.4 is 10.6 Å². The number of nitrogens with zero attached hydrogens (tertiary/aromatic N) is 3. The molecule has 0 atom stereocenters. The smallest absolute Gasteiger partial charge is 0.229 e. The Balaban J connectivity index is 1.66. The standard InChI is InChI=1S/C20H16ClN5O2/c1-22-18-13-8-23-17(26-19(27)10-2-3-10)7-12(13)14(9-24-18)20-25-15-6-11(21)4-5-16(15)28-20/h4-10H,2-3H2,1H3,(H,22,24)(H,23,26,27). The fraction of sp³-hybridized carbons (Fsp3) is 0.200. The van der Waals surface area contributed by atoms with Gasteiger partial charge < -0.3 is 15.1 Å². The minimum atomic E-state index is 0.00722. The van der Waals surface area contributed by atoms with Crippen LogP contribution in [0, 0.1) is 5.92 Å². The molecule has 0 unspecified atom stereocenters. The number of benzene rings is 1. The van der Waals surface area contributed by atoms with Crippen LogP contribution in [0.25, 0.3) is 33.3 Å². The van der Waals surface area contributed by atoms with Gasteiger partial charge in [0.1, 0.15) is 17.2 Å². The number of pyridine rings is 2. The lowest BCUT2D eigenvalue weighted by Crippen LogP contribution is -2.14. The Morgan fingerprint density at radius 2 is 2.04 bits per heavy atom. The Hall–Kier alpha value is -3.19. The fourth-order valence-corrected chi connectivity index (χ4v) is 3.33. The highest BCUT2D eigenvalue weighted by atomic mass is 35.5. The second-order valence-electron chi connectivity index (χ2n) is 6.78. The van der Waals surface area contributed by atoms with E-state index in [1.165, 1.54) is 0 Å². The first-order valence-corrected chi connectivity index (χ1v) is 9.34. The monoisotopic (exact) mass is 393 g/mol. The molecule has 3 heterocycles. The first-order valence-electron chi connectivity index (χ1n) is 8.96. The summed E-state index contributed by atoms with van der Waals surface area (Å²) in [5.74, 6) is 1.73. The lowest BCUT2D eigenvalue weighted by molar-refractivity contribution is -0.117. The molecule has 0 bridgehead atoms. The predicted molar refractivity (Wildman–Crippen MR) is 108 cm³/mol. The zero-order chi connectivity index (χ0) is 19.3. The summed E-state index contributed by atoms with van der Waals surface area (Å²) in [6.07, 6.45) is 5.26. The quantitative estimate of drug-likeness (QED) is 0.531. The highest BCUT2D eigenvalue weighted by molar-refractivity contribution is 6.31. The van der Waals surface area contributed by atoms with E-state index in [4.69, 9.17) is 16.0 Å². The number of carbonyl (C=O) groups excluding carboxylic acids is 1. The molecule has 1 amide bonds. The van der Waals surface area contributed by atoms with Crippen LogP contribution >= 0.6 is 11.6 Å². The Bertz CT molecular complexity index is 1230. The maximum Gasteiger partial charge on any atom is 0.229 e. The third-order valence-electron chi connectivity index (χ3n) is 4.79. The zero-order valence-electron chi connectivity index (χ0n) is 15.0. The molecular weight excluding hydrogens is 378 g/mol. The van der Waals surface area contributed by atoms with Crippen molar-refractivity contribution in [3.8, 4) is 11.5 Å². The number of aromatic nitrogens is 3. The first-order chi connectivity index (χ1) is 13.6. The average Bonchev–Trinajstić information content (AvgIpc) is 3.47. The van der Waals surface area contributed by atoms with Gasteiger partial charge in [0.2, 0.25) is 11.8 Å². The Kier molecular flexibility index (Phi) is 3.91. The number of anilines is 2. The summed E-state index contributed by atoms with van der Waals surface area (Å²) < 4.78 is 5.92. The van der Waals surface area contributed by atoms with Crippen LogP contribution in [0.4, 0.5) is 11.6 Å². The van der Waals surface area contributed by atoms with Crippen LogP contribution in [-0.2, 0) is 4.79 Å². The lowest BCUT2D eigenvalue weighted by atomic mass is 10.1. The zero-order valence-corrected chi connectivity index (χ0v) is 15.7. The maximum absolute atomic E-state index is 12.1. The van der Waals surface area contributed by atoms with Crippen LogP contribution in [0.5, 0.6) is 0 Å². The second-order valence-corrected chi connectivity index (χ2v) is 7.22. The van der Waals surface area contributed by atoms with E-state index in [9.17, 15) is 4.79 Å². The van der Waals surface area contributed by atoms with Gasteiger partial charge in [0.25, 0.3) is 0 Å². The Morgan fingerprint density at radius 3 is 2.82 bits per heavy atom. The van der Waals surface area contributed by atoms with Crippen LogP contribution in [0.2, 0.25) is 5.02 Å². The molecule has 0 radical (unpaired) electrons. The molecule has 28 heavy (non-hydrogen) atoms. The number of hydrogen-bond acceptors (Lipinski definition) is 6. The van der Waals surface area contributed by atoms with Gasteiger partial charge in [-0.25, -0.2) is 15.0 Å². The van der Waals surface area contributed by atoms with Crippen LogP contribution in [0.15, 0.2) is 41.1 Å². The van der Waals surface area contributed by atoms with Gasteiger partial charge in [-0.05, 0) is 37.1 Å². The fourth-order valence-electron chi connectivity index (χ4n) is 3.16. The molecule has 1 fully saturated rings. The van der Waals surface area contributed by atoms with Gasteiger partial charge >= 0.3 is 0 Å². The van der Waals surface area contributed by atoms with Crippen molar-refractivity contribution in [2.75, 3.05) is 17.7 Å². The molecule has 4 aromatic rings. The Labute approximate surface area is 165 Å². The lowest BCUT2D eigenvalue weighted by Gasteiger charge is -2.10. The number of nitrogens with one attached hydrogen (secondary N) is 2. The molecule has 8 heteroatoms. The molecule has 1 aliphatic rings. The number of oxazole rings is 1. The summed E-state index contributed by atoms with van der Waals surface area (Å²) in [5, 5.41) is 8.19. The Morgan fingerprint density at radius 1 is 1.18 bits per heavy atom. The molecule has 1 saturated carbocycles. The van der Waals surface area contributed by atoms with E-state index in [2.05, 4.69) is 25.6 Å². The molecule has 2 N–H and O–H groups in total. The van der Waals surface area contributed by atoms with Crippen LogP contribution in [0.1, 0.15) is 12.8 Å². The molecule has 0 spiro atoms. The normalized spacial score (nSPS) is 13.8. The average molecular weight is 394 g/mol. The van der Waals surface area contributed by atoms with Crippen LogP contribution in [-0.4, -0.2) is 27.9 Å². The van der Waals surface area contributed by atoms with E-state index in [1.54, 1.807) is 37.6 Å². The maximum atomic E-state index is 12.1. The third kappa shape index (κ3) is 2.93. The molecule has 3 aromatic heterocycles. The summed E-state index contributed by atoms with van der Waals surface area (Å²) in [6.45, 7) is 0. The molecule has 1 aliphatic carbocycles. The summed E-state index contributed by atoms with van der Waals surface area (Å²) >= 11 is 6.06. The van der Waals surface area contributed by atoms with Crippen molar-refractivity contribution in [2.24, 2.45) is 5.92 Å². The third-order valence-corrected chi connectivity index (χ3v) is 5.02. The van der Waals surface area contributed by atoms with E-state index in [-0.39, 0.29) is 11.8 Å². The van der Waals surface area contributed by atoms with Crippen molar-refractivity contribution in [1.29, 1.82) is 0 Å². The van der Waals surface area contributed by atoms with Crippen molar-refractivity contribution >= 4 is 51.0 Å². The molecular formula is C20H16ClN5O2. The van der Waals surface area contributed by atoms with Gasteiger partial charge in [0, 0.05) is 41.2 Å². The highest BCUT2D eigenvalue weighted by Crippen LogP contribution is 2.35. The molecule has 0 aliphatic heterocycles. The van der Waals surface area contributed by atoms with E-state index < -0.39 is 0 Å². The topological polar surface area (TPSA) is 92.9 Å². The molecule has 5 rings (SSSR count). The van der Waals surface area contributed by atoms with Gasteiger partial charge in [-0.2, -0.15) is 0 Å². The number of carbonyl (C=O) groups is 1. The van der Waals surface area contributed by atoms with Gasteiger partial charge in [-0.15, -0.1) is 0 Å². The summed E-state index contributed by atoms with van der Waals surface area (Å²) in [5.41, 5.74) is 2.02. The van der Waals surface area contributed by atoms with E-state index in [0.717, 1.165) is 23.6 Å². The molecule has 7 nitrogen and oxygen atoms in total. The highest BCUT2D eigenvalue weighted by Gasteiger charge is 2.30. The SMILES string of the molecule is CNc1ncc(-c2nc3cc(Cl)ccc3o2)c2cc(NC(=O)C3CC3)ncc12.